The van der Waals surface area contributed by atoms with Crippen molar-refractivity contribution < 1.29 is 29.4 Å². The first-order valence-electron chi connectivity index (χ1n) is 8.76. The number of Topliss-reactive ketones (excluding diaryl/α,β-unsaturated/α-hetero) is 1. The van der Waals surface area contributed by atoms with Crippen LogP contribution in [0, 0.1) is 0 Å². The van der Waals surface area contributed by atoms with Gasteiger partial charge in [0.1, 0.15) is 5.78 Å². The molecule has 0 saturated carbocycles. The maximum absolute atomic E-state index is 11.5. The van der Waals surface area contributed by atoms with Crippen molar-refractivity contribution in [3.8, 4) is 0 Å². The van der Waals surface area contributed by atoms with Gasteiger partial charge < -0.3 is 15.9 Å². The van der Waals surface area contributed by atoms with Crippen LogP contribution in [0.25, 0.3) is 0 Å². The van der Waals surface area contributed by atoms with Crippen LogP contribution in [0.3, 0.4) is 0 Å². The van der Waals surface area contributed by atoms with Crippen molar-refractivity contribution in [2.75, 3.05) is 72.1 Å². The van der Waals surface area contributed by atoms with Crippen molar-refractivity contribution in [2.24, 2.45) is 5.73 Å². The number of amides is 1. The topological polar surface area (TPSA) is 148 Å². The lowest BCUT2D eigenvalue weighted by atomic mass is 10.3. The highest BCUT2D eigenvalue weighted by Gasteiger charge is 2.21. The van der Waals surface area contributed by atoms with Crippen LogP contribution >= 0.6 is 0 Å². The average molecular weight is 387 g/mol. The second kappa shape index (κ2) is 11.6. The molecule has 1 heterocycles. The molecule has 0 spiro atoms. The summed E-state index contributed by atoms with van der Waals surface area (Å²) in [6, 6.07) is 0. The standard InChI is InChI=1S/C16H29N5O6/c1-13(22)8-18-2-3-19(10-15(24)25)5-6-20(9-14(17)23)12-21(7-4-18)11-16(26)27/h2-12H2,1H3,(H2,17,23)(H,24,25)(H,26,27). The molecule has 1 saturated heterocycles. The lowest BCUT2D eigenvalue weighted by Crippen LogP contribution is -2.47. The fourth-order valence-corrected chi connectivity index (χ4v) is 2.99. The number of carbonyl (C=O) groups excluding carboxylic acids is 2. The number of carboxylic acid groups (broad SMARTS) is 2. The number of carboxylic acids is 2. The van der Waals surface area contributed by atoms with Gasteiger partial charge in [-0.2, -0.15) is 0 Å². The number of aliphatic carboxylic acids is 2. The van der Waals surface area contributed by atoms with E-state index in [1.807, 2.05) is 4.90 Å². The summed E-state index contributed by atoms with van der Waals surface area (Å²) in [5.41, 5.74) is 5.28. The fourth-order valence-electron chi connectivity index (χ4n) is 2.99. The van der Waals surface area contributed by atoms with Gasteiger partial charge in [0.25, 0.3) is 0 Å². The molecular weight excluding hydrogens is 358 g/mol. The molecule has 154 valence electrons. The Morgan fingerprint density at radius 3 is 1.48 bits per heavy atom. The molecule has 0 radical (unpaired) electrons. The molecule has 4 N–H and O–H groups in total. The highest BCUT2D eigenvalue weighted by molar-refractivity contribution is 5.77. The number of hydrogen-bond donors (Lipinski definition) is 3. The van der Waals surface area contributed by atoms with Crippen molar-refractivity contribution in [3.63, 3.8) is 0 Å². The van der Waals surface area contributed by atoms with Gasteiger partial charge in [-0.05, 0) is 6.92 Å². The molecule has 27 heavy (non-hydrogen) atoms. The van der Waals surface area contributed by atoms with Gasteiger partial charge in [-0.15, -0.1) is 0 Å². The van der Waals surface area contributed by atoms with E-state index in [2.05, 4.69) is 0 Å². The van der Waals surface area contributed by atoms with E-state index in [0.717, 1.165) is 0 Å². The van der Waals surface area contributed by atoms with Crippen LogP contribution in [0.5, 0.6) is 0 Å². The third-order valence-corrected chi connectivity index (χ3v) is 4.14. The van der Waals surface area contributed by atoms with Gasteiger partial charge in [0, 0.05) is 39.3 Å². The van der Waals surface area contributed by atoms with E-state index in [4.69, 9.17) is 15.9 Å². The van der Waals surface area contributed by atoms with Crippen LogP contribution < -0.4 is 5.73 Å². The molecule has 0 aromatic carbocycles. The van der Waals surface area contributed by atoms with Gasteiger partial charge in [-0.25, -0.2) is 0 Å². The molecule has 0 aromatic heterocycles. The largest absolute Gasteiger partial charge is 0.480 e. The van der Waals surface area contributed by atoms with E-state index in [1.54, 1.807) is 14.7 Å². The number of ketones is 1. The Morgan fingerprint density at radius 2 is 1.07 bits per heavy atom. The van der Waals surface area contributed by atoms with Gasteiger partial charge in [-0.3, -0.25) is 38.8 Å². The minimum atomic E-state index is -0.991. The van der Waals surface area contributed by atoms with Gasteiger partial charge in [0.15, 0.2) is 0 Å². The van der Waals surface area contributed by atoms with Gasteiger partial charge in [-0.1, -0.05) is 0 Å². The summed E-state index contributed by atoms with van der Waals surface area (Å²) >= 11 is 0. The molecule has 0 aliphatic carbocycles. The average Bonchev–Trinajstić information content (AvgIpc) is 2.54. The third-order valence-electron chi connectivity index (χ3n) is 4.14. The summed E-state index contributed by atoms with van der Waals surface area (Å²) in [7, 11) is 0. The van der Waals surface area contributed by atoms with Crippen LogP contribution in [0.2, 0.25) is 0 Å². The lowest BCUT2D eigenvalue weighted by Gasteiger charge is -2.30. The Labute approximate surface area is 158 Å². The smallest absolute Gasteiger partial charge is 0.317 e. The molecule has 1 aliphatic heterocycles. The first-order chi connectivity index (χ1) is 12.7. The Hall–Kier alpha value is -2.08. The lowest BCUT2D eigenvalue weighted by molar-refractivity contribution is -0.140. The van der Waals surface area contributed by atoms with Gasteiger partial charge >= 0.3 is 11.9 Å². The molecule has 0 unspecified atom stereocenters. The molecule has 0 bridgehead atoms. The normalized spacial score (nSPS) is 19.3. The number of rotatable bonds is 8. The van der Waals surface area contributed by atoms with Crippen molar-refractivity contribution in [3.05, 3.63) is 0 Å². The van der Waals surface area contributed by atoms with Crippen LogP contribution in [-0.2, 0) is 19.2 Å². The molecule has 0 aromatic rings. The summed E-state index contributed by atoms with van der Waals surface area (Å²) in [5, 5.41) is 18.2. The highest BCUT2D eigenvalue weighted by Crippen LogP contribution is 2.02. The maximum atomic E-state index is 11.5. The molecule has 1 fully saturated rings. The first kappa shape index (κ1) is 23.0. The van der Waals surface area contributed by atoms with Crippen molar-refractivity contribution in [1.29, 1.82) is 0 Å². The SMILES string of the molecule is CC(=O)CN1CCN(CC(=O)O)CCN(CC(N)=O)CN(CC(=O)O)CC1. The number of primary amides is 1. The maximum Gasteiger partial charge on any atom is 0.317 e. The second-order valence-electron chi connectivity index (χ2n) is 6.75. The summed E-state index contributed by atoms with van der Waals surface area (Å²) < 4.78 is 0. The van der Waals surface area contributed by atoms with Crippen molar-refractivity contribution in [1.82, 2.24) is 19.6 Å². The zero-order valence-electron chi connectivity index (χ0n) is 15.7. The van der Waals surface area contributed by atoms with Crippen LogP contribution in [0.4, 0.5) is 0 Å². The van der Waals surface area contributed by atoms with E-state index >= 15 is 0 Å². The number of hydrogen-bond acceptors (Lipinski definition) is 8. The zero-order valence-corrected chi connectivity index (χ0v) is 15.7. The Balaban J connectivity index is 2.95. The van der Waals surface area contributed by atoms with Crippen LogP contribution in [0.1, 0.15) is 6.92 Å². The molecule has 1 aliphatic rings. The van der Waals surface area contributed by atoms with E-state index in [1.165, 1.54) is 6.92 Å². The zero-order chi connectivity index (χ0) is 20.4. The quantitative estimate of drug-likeness (QED) is 0.405. The van der Waals surface area contributed by atoms with Gasteiger partial charge in [0.05, 0.1) is 32.8 Å². The summed E-state index contributed by atoms with van der Waals surface area (Å²) in [4.78, 5) is 52.1. The van der Waals surface area contributed by atoms with Crippen LogP contribution in [-0.4, -0.2) is 126 Å². The third kappa shape index (κ3) is 10.6. The van der Waals surface area contributed by atoms with Gasteiger partial charge in [0.2, 0.25) is 5.91 Å². The Bertz CT molecular complexity index is 497. The number of nitrogens with two attached hydrogens (primary N) is 1. The molecule has 1 rings (SSSR count). The predicted molar refractivity (Wildman–Crippen MR) is 96.0 cm³/mol. The summed E-state index contributed by atoms with van der Waals surface area (Å²) in [6.07, 6.45) is 0. The predicted octanol–water partition coefficient (Wildman–Crippen LogP) is -2.59. The van der Waals surface area contributed by atoms with E-state index in [0.29, 0.717) is 39.3 Å². The Kier molecular flexibility index (Phi) is 9.86. The van der Waals surface area contributed by atoms with E-state index in [9.17, 15) is 19.2 Å². The minimum absolute atomic E-state index is 0.0187. The molecule has 11 heteroatoms. The molecule has 1 amide bonds. The van der Waals surface area contributed by atoms with E-state index in [-0.39, 0.29) is 38.6 Å². The summed E-state index contributed by atoms with van der Waals surface area (Å²) in [5.74, 6) is -2.51. The van der Waals surface area contributed by atoms with Crippen molar-refractivity contribution >= 4 is 23.6 Å². The Morgan fingerprint density at radius 1 is 0.704 bits per heavy atom. The second-order valence-corrected chi connectivity index (χ2v) is 6.75. The van der Waals surface area contributed by atoms with Crippen molar-refractivity contribution in [2.45, 2.75) is 6.92 Å². The van der Waals surface area contributed by atoms with Crippen LogP contribution in [0.15, 0.2) is 0 Å². The number of nitrogens with zero attached hydrogens (tertiary/aromatic N) is 4. The molecule has 0 atom stereocenters. The minimum Gasteiger partial charge on any atom is -0.480 e. The number of carbonyl (C=O) groups is 4. The molecule has 11 nitrogen and oxygen atoms in total. The van der Waals surface area contributed by atoms with E-state index < -0.39 is 17.8 Å². The monoisotopic (exact) mass is 387 g/mol. The summed E-state index contributed by atoms with van der Waals surface area (Å²) in [6.45, 7) is 4.04. The molecular formula is C16H29N5O6. The fraction of sp³-hybridized carbons (Fsp3) is 0.750. The highest BCUT2D eigenvalue weighted by atomic mass is 16.4. The first-order valence-corrected chi connectivity index (χ1v) is 8.76.